The molecule has 1 aliphatic rings. The molecule has 0 N–H and O–H groups in total. The average molecular weight is 871 g/mol. The Kier molecular flexibility index (Phi) is 10.2. The molecular weight excluding hydrogens is 838 g/mol. The molecule has 0 fully saturated rings. The van der Waals surface area contributed by atoms with Gasteiger partial charge in [-0.25, -0.2) is 9.79 Å². The zero-order valence-corrected chi connectivity index (χ0v) is 31.4. The first kappa shape index (κ1) is 33.4. The van der Waals surface area contributed by atoms with Gasteiger partial charge in [0.15, 0.2) is 4.80 Å². The molecule has 0 saturated carbocycles. The summed E-state index contributed by atoms with van der Waals surface area (Å²) in [5.74, 6) is 0.777. The quantitative estimate of drug-likeness (QED) is 0.113. The number of rotatable bonds is 9. The Balaban J connectivity index is 1.49. The SMILES string of the molecule is CCOC(=O)C1=C(C)N=c2s/c(=C\c3cc(I)cc(I)c3OCc3cccc4ccccc34)c(=O)n2[C@@H]1c1ccccc1OC(C)C. The molecule has 0 spiro atoms. The van der Waals surface area contributed by atoms with Crippen molar-refractivity contribution in [2.45, 2.75) is 46.4 Å². The van der Waals surface area contributed by atoms with Crippen LogP contribution in [0.2, 0.25) is 0 Å². The van der Waals surface area contributed by atoms with Gasteiger partial charge >= 0.3 is 5.97 Å². The van der Waals surface area contributed by atoms with E-state index in [9.17, 15) is 9.59 Å². The van der Waals surface area contributed by atoms with Gasteiger partial charge in [0, 0.05) is 14.7 Å². The Morgan fingerprint density at radius 3 is 2.57 bits per heavy atom. The van der Waals surface area contributed by atoms with E-state index in [2.05, 4.69) is 75.5 Å². The summed E-state index contributed by atoms with van der Waals surface area (Å²) in [5.41, 5.74) is 3.10. The molecule has 0 amide bonds. The second kappa shape index (κ2) is 14.3. The van der Waals surface area contributed by atoms with Gasteiger partial charge in [-0.05, 0) is 113 Å². The maximum atomic E-state index is 14.4. The molecule has 47 heavy (non-hydrogen) atoms. The number of esters is 1. The summed E-state index contributed by atoms with van der Waals surface area (Å²) in [7, 11) is 0. The van der Waals surface area contributed by atoms with Crippen LogP contribution in [0.5, 0.6) is 11.5 Å². The third-order valence-electron chi connectivity index (χ3n) is 7.67. The molecule has 6 rings (SSSR count). The van der Waals surface area contributed by atoms with Gasteiger partial charge in [-0.3, -0.25) is 9.36 Å². The summed E-state index contributed by atoms with van der Waals surface area (Å²) in [6.45, 7) is 7.99. The maximum Gasteiger partial charge on any atom is 0.338 e. The third kappa shape index (κ3) is 6.91. The average Bonchev–Trinajstić information content (AvgIpc) is 3.33. The van der Waals surface area contributed by atoms with Crippen molar-refractivity contribution in [2.24, 2.45) is 4.99 Å². The smallest absolute Gasteiger partial charge is 0.338 e. The highest BCUT2D eigenvalue weighted by molar-refractivity contribution is 14.1. The highest BCUT2D eigenvalue weighted by Crippen LogP contribution is 2.36. The normalized spacial score (nSPS) is 14.7. The lowest BCUT2D eigenvalue weighted by Gasteiger charge is -2.26. The number of thiazole rings is 1. The highest BCUT2D eigenvalue weighted by Gasteiger charge is 2.35. The number of aromatic nitrogens is 1. The summed E-state index contributed by atoms with van der Waals surface area (Å²) in [6, 6.07) is 25.2. The van der Waals surface area contributed by atoms with Crippen molar-refractivity contribution in [3.8, 4) is 11.5 Å². The molecule has 1 aromatic heterocycles. The molecule has 240 valence electrons. The Labute approximate surface area is 303 Å². The van der Waals surface area contributed by atoms with E-state index in [4.69, 9.17) is 19.2 Å². The van der Waals surface area contributed by atoms with Crippen molar-refractivity contribution in [2.75, 3.05) is 6.61 Å². The Morgan fingerprint density at radius 1 is 1.04 bits per heavy atom. The van der Waals surface area contributed by atoms with Gasteiger partial charge in [0.05, 0.1) is 32.1 Å². The van der Waals surface area contributed by atoms with Crippen LogP contribution in [-0.4, -0.2) is 23.2 Å². The summed E-state index contributed by atoms with van der Waals surface area (Å²) in [6.07, 6.45) is 1.75. The lowest BCUT2D eigenvalue weighted by molar-refractivity contribution is -0.139. The number of carbonyl (C=O) groups excluding carboxylic acids is 1. The van der Waals surface area contributed by atoms with Gasteiger partial charge < -0.3 is 14.2 Å². The van der Waals surface area contributed by atoms with E-state index in [1.165, 1.54) is 11.3 Å². The molecule has 0 radical (unpaired) electrons. The molecule has 0 unspecified atom stereocenters. The Bertz CT molecular complexity index is 2220. The number of nitrogens with zero attached hydrogens (tertiary/aromatic N) is 2. The molecule has 2 heterocycles. The number of halogens is 2. The second-order valence-corrected chi connectivity index (χ2v) is 14.7. The predicted molar refractivity (Wildman–Crippen MR) is 203 cm³/mol. The van der Waals surface area contributed by atoms with Gasteiger partial charge in [0.25, 0.3) is 5.56 Å². The number of benzene rings is 4. The van der Waals surface area contributed by atoms with Crippen LogP contribution in [0.4, 0.5) is 0 Å². The first-order valence-electron chi connectivity index (χ1n) is 15.2. The predicted octanol–water partition coefficient (Wildman–Crippen LogP) is 7.53. The van der Waals surface area contributed by atoms with Crippen LogP contribution >= 0.6 is 56.5 Å². The van der Waals surface area contributed by atoms with Crippen molar-refractivity contribution in [3.05, 3.63) is 134 Å². The van der Waals surface area contributed by atoms with Crippen LogP contribution in [0.25, 0.3) is 16.8 Å². The van der Waals surface area contributed by atoms with Crippen molar-refractivity contribution in [1.29, 1.82) is 0 Å². The molecule has 5 aromatic rings. The van der Waals surface area contributed by atoms with E-state index < -0.39 is 12.0 Å². The van der Waals surface area contributed by atoms with Crippen molar-refractivity contribution in [1.82, 2.24) is 4.57 Å². The Morgan fingerprint density at radius 2 is 1.79 bits per heavy atom. The molecule has 4 aromatic carbocycles. The number of hydrogen-bond donors (Lipinski definition) is 0. The fourth-order valence-corrected chi connectivity index (χ4v) is 8.79. The lowest BCUT2D eigenvalue weighted by Crippen LogP contribution is -2.40. The van der Waals surface area contributed by atoms with E-state index in [1.54, 1.807) is 18.4 Å². The van der Waals surface area contributed by atoms with Crippen LogP contribution in [0.3, 0.4) is 0 Å². The lowest BCUT2D eigenvalue weighted by atomic mass is 9.95. The van der Waals surface area contributed by atoms with E-state index in [1.807, 2.05) is 68.5 Å². The van der Waals surface area contributed by atoms with Crippen LogP contribution in [0, 0.1) is 7.14 Å². The fourth-order valence-electron chi connectivity index (χ4n) is 5.70. The van der Waals surface area contributed by atoms with Crippen molar-refractivity contribution in [3.63, 3.8) is 0 Å². The van der Waals surface area contributed by atoms with E-state index in [0.29, 0.717) is 44.3 Å². The van der Waals surface area contributed by atoms with Crippen LogP contribution in [0.1, 0.15) is 50.4 Å². The summed E-state index contributed by atoms with van der Waals surface area (Å²) in [4.78, 5) is 33.1. The van der Waals surface area contributed by atoms with E-state index >= 15 is 0 Å². The summed E-state index contributed by atoms with van der Waals surface area (Å²) in [5, 5.41) is 2.29. The Hall–Kier alpha value is -3.49. The van der Waals surface area contributed by atoms with Gasteiger partial charge in [-0.15, -0.1) is 0 Å². The molecule has 7 nitrogen and oxygen atoms in total. The number of para-hydroxylation sites is 1. The van der Waals surface area contributed by atoms with Gasteiger partial charge in [0.1, 0.15) is 24.1 Å². The van der Waals surface area contributed by atoms with E-state index in [-0.39, 0.29) is 18.3 Å². The first-order chi connectivity index (χ1) is 22.7. The van der Waals surface area contributed by atoms with Crippen LogP contribution in [-0.2, 0) is 16.1 Å². The van der Waals surface area contributed by atoms with Gasteiger partial charge in [0.2, 0.25) is 0 Å². The largest absolute Gasteiger partial charge is 0.491 e. The topological polar surface area (TPSA) is 79.1 Å². The fraction of sp³-hybridized carbons (Fsp3) is 0.216. The second-order valence-electron chi connectivity index (χ2n) is 11.2. The van der Waals surface area contributed by atoms with Gasteiger partial charge in [-0.2, -0.15) is 0 Å². The number of ether oxygens (including phenoxy) is 3. The molecule has 0 aliphatic carbocycles. The zero-order chi connectivity index (χ0) is 33.2. The molecule has 1 aliphatic heterocycles. The highest BCUT2D eigenvalue weighted by atomic mass is 127. The van der Waals surface area contributed by atoms with Crippen molar-refractivity contribution >= 4 is 79.3 Å². The van der Waals surface area contributed by atoms with Crippen LogP contribution in [0.15, 0.2) is 99.9 Å². The summed E-state index contributed by atoms with van der Waals surface area (Å²) >= 11 is 5.85. The third-order valence-corrected chi connectivity index (χ3v) is 10.1. The zero-order valence-electron chi connectivity index (χ0n) is 26.3. The van der Waals surface area contributed by atoms with Crippen molar-refractivity contribution < 1.29 is 19.0 Å². The number of allylic oxidation sites excluding steroid dienone is 1. The number of hydrogen-bond acceptors (Lipinski definition) is 7. The van der Waals surface area contributed by atoms with Gasteiger partial charge in [-0.1, -0.05) is 72.0 Å². The molecule has 10 heteroatoms. The molecule has 0 bridgehead atoms. The summed E-state index contributed by atoms with van der Waals surface area (Å²) < 4.78 is 22.2. The number of fused-ring (bicyclic) bond motifs is 2. The monoisotopic (exact) mass is 870 g/mol. The minimum absolute atomic E-state index is 0.113. The minimum atomic E-state index is -0.777. The molecular formula is C37H32I2N2O5S. The van der Waals surface area contributed by atoms with Crippen LogP contribution < -0.4 is 24.4 Å². The number of carbonyl (C=O) groups is 1. The molecule has 1 atom stereocenters. The molecule has 0 saturated heterocycles. The maximum absolute atomic E-state index is 14.4. The minimum Gasteiger partial charge on any atom is -0.491 e. The van der Waals surface area contributed by atoms with E-state index in [0.717, 1.165) is 29.0 Å². The standard InChI is InChI=1S/C37H32I2N2O5S/c1-5-44-36(43)32-22(4)40-37-41(33(32)28-15-8-9-16-30(28)46-21(2)3)35(42)31(47-37)18-25-17-26(38)19-29(39)34(25)45-20-24-13-10-12-23-11-6-7-14-27(23)24/h6-19,21,33H,5,20H2,1-4H3/b31-18-/t33-/m1/s1. The first-order valence-corrected chi connectivity index (χ1v) is 18.2.